The molecule has 1 N–H and O–H groups in total. The Kier molecular flexibility index (Phi) is 3.93. The van der Waals surface area contributed by atoms with Crippen LogP contribution in [0.2, 0.25) is 0 Å². The van der Waals surface area contributed by atoms with Gasteiger partial charge in [0.25, 0.3) is 0 Å². The third kappa shape index (κ3) is 3.05. The molecule has 1 aromatic heterocycles. The normalized spacial score (nSPS) is 12.4. The van der Waals surface area contributed by atoms with E-state index in [9.17, 15) is 9.50 Å². The van der Waals surface area contributed by atoms with Crippen molar-refractivity contribution >= 4 is 16.5 Å². The quantitative estimate of drug-likeness (QED) is 0.924. The van der Waals surface area contributed by atoms with Gasteiger partial charge in [-0.1, -0.05) is 23.5 Å². The number of nitrogens with zero attached hydrogens (tertiary/aromatic N) is 2. The minimum absolute atomic E-state index is 0.232. The monoisotopic (exact) mass is 266 g/mol. The molecular weight excluding hydrogens is 251 g/mol. The highest BCUT2D eigenvalue weighted by molar-refractivity contribution is 7.15. The average molecular weight is 266 g/mol. The largest absolute Gasteiger partial charge is 0.388 e. The Balaban J connectivity index is 2.09. The molecule has 96 valence electrons. The van der Waals surface area contributed by atoms with Crippen molar-refractivity contribution in [3.05, 3.63) is 46.7 Å². The third-order valence-corrected chi connectivity index (χ3v) is 3.84. The van der Waals surface area contributed by atoms with Crippen molar-refractivity contribution in [3.8, 4) is 0 Å². The lowest BCUT2D eigenvalue weighted by atomic mass is 10.2. The topological polar surface area (TPSA) is 36.4 Å². The standard InChI is InChI=1S/C13H15FN2OS/c1-9(17)12-7-15-13(18-12)16(2)8-10-4-3-5-11(14)6-10/h3-7,9,17H,8H2,1-2H3. The first kappa shape index (κ1) is 13.0. The smallest absolute Gasteiger partial charge is 0.185 e. The van der Waals surface area contributed by atoms with Gasteiger partial charge >= 0.3 is 0 Å². The van der Waals surface area contributed by atoms with Gasteiger partial charge in [0, 0.05) is 19.8 Å². The number of halogens is 1. The van der Waals surface area contributed by atoms with E-state index < -0.39 is 6.10 Å². The number of aliphatic hydroxyl groups is 1. The van der Waals surface area contributed by atoms with Crippen molar-refractivity contribution < 1.29 is 9.50 Å². The highest BCUT2D eigenvalue weighted by Crippen LogP contribution is 2.27. The fraction of sp³-hybridized carbons (Fsp3) is 0.308. The fourth-order valence-corrected chi connectivity index (χ4v) is 2.44. The number of benzene rings is 1. The summed E-state index contributed by atoms with van der Waals surface area (Å²) in [6, 6.07) is 6.52. The first-order chi connectivity index (χ1) is 8.56. The van der Waals surface area contributed by atoms with Crippen molar-refractivity contribution in [2.75, 3.05) is 11.9 Å². The summed E-state index contributed by atoms with van der Waals surface area (Å²) in [6.07, 6.45) is 1.17. The van der Waals surface area contributed by atoms with Crippen LogP contribution in [0.5, 0.6) is 0 Å². The molecule has 2 aromatic rings. The van der Waals surface area contributed by atoms with Crippen LogP contribution in [-0.4, -0.2) is 17.1 Å². The van der Waals surface area contributed by atoms with Crippen LogP contribution in [0, 0.1) is 5.82 Å². The summed E-state index contributed by atoms with van der Waals surface area (Å²) < 4.78 is 13.1. The summed E-state index contributed by atoms with van der Waals surface area (Å²) in [4.78, 5) is 7.01. The van der Waals surface area contributed by atoms with Gasteiger partial charge in [0.2, 0.25) is 0 Å². The number of aromatic nitrogens is 1. The molecule has 0 bridgehead atoms. The van der Waals surface area contributed by atoms with Gasteiger partial charge in [-0.2, -0.15) is 0 Å². The lowest BCUT2D eigenvalue weighted by Gasteiger charge is -2.15. The SMILES string of the molecule is CC(O)c1cnc(N(C)Cc2cccc(F)c2)s1. The van der Waals surface area contributed by atoms with E-state index >= 15 is 0 Å². The number of thiazole rings is 1. The summed E-state index contributed by atoms with van der Waals surface area (Å²) in [5.41, 5.74) is 0.895. The van der Waals surface area contributed by atoms with Crippen LogP contribution in [0.4, 0.5) is 9.52 Å². The molecule has 0 spiro atoms. The zero-order valence-corrected chi connectivity index (χ0v) is 11.1. The molecule has 0 aliphatic rings. The molecule has 1 unspecified atom stereocenters. The predicted molar refractivity (Wildman–Crippen MR) is 71.3 cm³/mol. The number of rotatable bonds is 4. The molecule has 1 aromatic carbocycles. The fourth-order valence-electron chi connectivity index (χ4n) is 1.62. The molecule has 0 saturated carbocycles. The molecule has 0 saturated heterocycles. The van der Waals surface area contributed by atoms with E-state index in [1.807, 2.05) is 18.0 Å². The van der Waals surface area contributed by atoms with Crippen molar-refractivity contribution in [2.24, 2.45) is 0 Å². The van der Waals surface area contributed by atoms with Crippen molar-refractivity contribution in [3.63, 3.8) is 0 Å². The maximum Gasteiger partial charge on any atom is 0.185 e. The third-order valence-electron chi connectivity index (χ3n) is 2.56. The van der Waals surface area contributed by atoms with Crippen LogP contribution in [-0.2, 0) is 6.54 Å². The molecule has 1 atom stereocenters. The summed E-state index contributed by atoms with van der Waals surface area (Å²) in [6.45, 7) is 2.30. The van der Waals surface area contributed by atoms with E-state index in [0.29, 0.717) is 6.54 Å². The second-order valence-electron chi connectivity index (χ2n) is 4.21. The predicted octanol–water partition coefficient (Wildman–Crippen LogP) is 2.97. The lowest BCUT2D eigenvalue weighted by molar-refractivity contribution is 0.203. The van der Waals surface area contributed by atoms with E-state index in [1.165, 1.54) is 23.5 Å². The van der Waals surface area contributed by atoms with E-state index in [2.05, 4.69) is 4.98 Å². The Morgan fingerprint density at radius 2 is 2.28 bits per heavy atom. The summed E-state index contributed by atoms with van der Waals surface area (Å²) >= 11 is 1.44. The highest BCUT2D eigenvalue weighted by atomic mass is 32.1. The van der Waals surface area contributed by atoms with Gasteiger partial charge in [-0.3, -0.25) is 0 Å². The van der Waals surface area contributed by atoms with Gasteiger partial charge in [0.1, 0.15) is 5.82 Å². The van der Waals surface area contributed by atoms with Crippen LogP contribution in [0.25, 0.3) is 0 Å². The number of hydrogen-bond acceptors (Lipinski definition) is 4. The van der Waals surface area contributed by atoms with E-state index in [1.54, 1.807) is 19.2 Å². The highest BCUT2D eigenvalue weighted by Gasteiger charge is 2.10. The van der Waals surface area contributed by atoms with E-state index in [0.717, 1.165) is 15.6 Å². The number of hydrogen-bond donors (Lipinski definition) is 1. The van der Waals surface area contributed by atoms with Gasteiger partial charge in [-0.15, -0.1) is 0 Å². The zero-order chi connectivity index (χ0) is 13.1. The Bertz CT molecular complexity index is 527. The maximum absolute atomic E-state index is 13.1. The molecule has 18 heavy (non-hydrogen) atoms. The van der Waals surface area contributed by atoms with E-state index in [4.69, 9.17) is 0 Å². The van der Waals surface area contributed by atoms with Gasteiger partial charge in [-0.25, -0.2) is 9.37 Å². The minimum atomic E-state index is -0.501. The summed E-state index contributed by atoms with van der Waals surface area (Å²) in [7, 11) is 1.90. The molecule has 0 amide bonds. The molecule has 0 aliphatic heterocycles. The molecular formula is C13H15FN2OS. The summed E-state index contributed by atoms with van der Waals surface area (Å²) in [5, 5.41) is 10.3. The average Bonchev–Trinajstić information content (AvgIpc) is 2.78. The molecule has 1 heterocycles. The molecule has 0 aliphatic carbocycles. The maximum atomic E-state index is 13.1. The molecule has 0 fully saturated rings. The molecule has 0 radical (unpaired) electrons. The van der Waals surface area contributed by atoms with Crippen molar-refractivity contribution in [1.82, 2.24) is 4.98 Å². The second-order valence-corrected chi connectivity index (χ2v) is 5.25. The first-order valence-corrected chi connectivity index (χ1v) is 6.47. The van der Waals surface area contributed by atoms with Crippen LogP contribution in [0.1, 0.15) is 23.5 Å². The molecule has 5 heteroatoms. The Morgan fingerprint density at radius 3 is 2.89 bits per heavy atom. The van der Waals surface area contributed by atoms with Crippen LogP contribution in [0.15, 0.2) is 30.5 Å². The minimum Gasteiger partial charge on any atom is -0.388 e. The zero-order valence-electron chi connectivity index (χ0n) is 10.3. The van der Waals surface area contributed by atoms with Crippen LogP contribution in [0.3, 0.4) is 0 Å². The number of anilines is 1. The van der Waals surface area contributed by atoms with Gasteiger partial charge in [-0.05, 0) is 24.6 Å². The van der Waals surface area contributed by atoms with Gasteiger partial charge in [0.15, 0.2) is 5.13 Å². The van der Waals surface area contributed by atoms with Gasteiger partial charge < -0.3 is 10.0 Å². The molecule has 3 nitrogen and oxygen atoms in total. The Hall–Kier alpha value is -1.46. The first-order valence-electron chi connectivity index (χ1n) is 5.65. The van der Waals surface area contributed by atoms with Crippen molar-refractivity contribution in [2.45, 2.75) is 19.6 Å². The van der Waals surface area contributed by atoms with Gasteiger partial charge in [0.05, 0.1) is 11.0 Å². The molecule has 2 rings (SSSR count). The van der Waals surface area contributed by atoms with E-state index in [-0.39, 0.29) is 5.82 Å². The van der Waals surface area contributed by atoms with Crippen LogP contribution >= 0.6 is 11.3 Å². The van der Waals surface area contributed by atoms with Crippen molar-refractivity contribution in [1.29, 1.82) is 0 Å². The lowest BCUT2D eigenvalue weighted by Crippen LogP contribution is -2.15. The Labute approximate surface area is 110 Å². The second kappa shape index (κ2) is 5.46. The Morgan fingerprint density at radius 1 is 1.50 bits per heavy atom. The summed E-state index contributed by atoms with van der Waals surface area (Å²) in [5.74, 6) is -0.232. The number of aliphatic hydroxyl groups excluding tert-OH is 1. The van der Waals surface area contributed by atoms with Crippen LogP contribution < -0.4 is 4.90 Å².